The lowest BCUT2D eigenvalue weighted by atomic mass is 10.2. The topological polar surface area (TPSA) is 54.5 Å². The molecule has 0 saturated heterocycles. The summed E-state index contributed by atoms with van der Waals surface area (Å²) < 4.78 is 5.14. The lowest BCUT2D eigenvalue weighted by molar-refractivity contribution is 0.140. The Balaban J connectivity index is 1.64. The van der Waals surface area contributed by atoms with Crippen LogP contribution in [-0.2, 0) is 11.3 Å². The molecule has 0 aliphatic carbocycles. The van der Waals surface area contributed by atoms with Crippen molar-refractivity contribution in [2.75, 3.05) is 25.5 Å². The van der Waals surface area contributed by atoms with Gasteiger partial charge in [-0.05, 0) is 29.7 Å². The lowest BCUT2D eigenvalue weighted by Gasteiger charge is -2.10. The van der Waals surface area contributed by atoms with Crippen molar-refractivity contribution in [2.45, 2.75) is 13.0 Å². The second kappa shape index (κ2) is 9.35. The van der Waals surface area contributed by atoms with Crippen LogP contribution >= 0.6 is 0 Å². The number of pyridine rings is 1. The summed E-state index contributed by atoms with van der Waals surface area (Å²) in [7, 11) is 3.92. The first-order valence-corrected chi connectivity index (χ1v) is 7.89. The van der Waals surface area contributed by atoms with Crippen molar-refractivity contribution in [2.24, 2.45) is 0 Å². The standard InChI is InChI=1S/C19H23N3O2/c1-22(2)18-12-11-16(14-21-18)8-6-7-13-20-19(23)24-15-17-9-4-3-5-10-17/h3-6,8-12,14H,7,13,15H2,1-2H3,(H,20,23). The number of nitrogens with one attached hydrogen (secondary N) is 1. The fourth-order valence-corrected chi connectivity index (χ4v) is 2.01. The van der Waals surface area contributed by atoms with E-state index in [1.54, 1.807) is 0 Å². The van der Waals surface area contributed by atoms with Gasteiger partial charge in [-0.25, -0.2) is 9.78 Å². The number of hydrogen-bond acceptors (Lipinski definition) is 4. The summed E-state index contributed by atoms with van der Waals surface area (Å²) in [5.74, 6) is 0.926. The van der Waals surface area contributed by atoms with Crippen molar-refractivity contribution in [3.63, 3.8) is 0 Å². The minimum atomic E-state index is -0.399. The van der Waals surface area contributed by atoms with E-state index in [9.17, 15) is 4.79 Å². The maximum atomic E-state index is 11.6. The molecule has 0 bridgehead atoms. The van der Waals surface area contributed by atoms with Crippen LogP contribution in [0.1, 0.15) is 17.5 Å². The highest BCUT2D eigenvalue weighted by molar-refractivity contribution is 5.67. The summed E-state index contributed by atoms with van der Waals surface area (Å²) in [4.78, 5) is 17.9. The molecule has 0 radical (unpaired) electrons. The molecule has 1 aromatic heterocycles. The number of ether oxygens (including phenoxy) is 1. The van der Waals surface area contributed by atoms with Crippen LogP contribution in [0.15, 0.2) is 54.7 Å². The zero-order valence-corrected chi connectivity index (χ0v) is 14.1. The van der Waals surface area contributed by atoms with Gasteiger partial charge in [-0.1, -0.05) is 42.5 Å². The van der Waals surface area contributed by atoms with Crippen molar-refractivity contribution >= 4 is 18.0 Å². The molecule has 2 aromatic rings. The monoisotopic (exact) mass is 325 g/mol. The quantitative estimate of drug-likeness (QED) is 0.792. The van der Waals surface area contributed by atoms with E-state index in [4.69, 9.17) is 4.74 Å². The number of hydrogen-bond donors (Lipinski definition) is 1. The average Bonchev–Trinajstić information content (AvgIpc) is 2.61. The molecule has 0 spiro atoms. The van der Waals surface area contributed by atoms with Gasteiger partial charge in [0.05, 0.1) is 0 Å². The molecule has 1 aromatic carbocycles. The second-order valence-corrected chi connectivity index (χ2v) is 5.52. The molecular weight excluding hydrogens is 302 g/mol. The van der Waals surface area contributed by atoms with E-state index in [0.29, 0.717) is 6.54 Å². The number of rotatable bonds is 7. The van der Waals surface area contributed by atoms with Crippen LogP contribution in [0.4, 0.5) is 10.6 Å². The first-order valence-electron chi connectivity index (χ1n) is 7.89. The molecule has 0 atom stereocenters. The molecule has 1 N–H and O–H groups in total. The first kappa shape index (κ1) is 17.5. The molecule has 2 rings (SSSR count). The largest absolute Gasteiger partial charge is 0.445 e. The van der Waals surface area contributed by atoms with Crippen LogP contribution in [-0.4, -0.2) is 31.7 Å². The van der Waals surface area contributed by atoms with E-state index < -0.39 is 6.09 Å². The Hall–Kier alpha value is -2.82. The maximum Gasteiger partial charge on any atom is 0.407 e. The summed E-state index contributed by atoms with van der Waals surface area (Å²) in [6.07, 6.45) is 6.15. The molecular formula is C19H23N3O2. The van der Waals surface area contributed by atoms with Gasteiger partial charge in [-0.3, -0.25) is 0 Å². The third-order valence-electron chi connectivity index (χ3n) is 3.33. The summed E-state index contributed by atoms with van der Waals surface area (Å²) in [5, 5.41) is 2.73. The molecule has 24 heavy (non-hydrogen) atoms. The van der Waals surface area contributed by atoms with Crippen molar-refractivity contribution in [3.05, 3.63) is 65.9 Å². The Morgan fingerprint density at radius 3 is 2.67 bits per heavy atom. The highest BCUT2D eigenvalue weighted by Crippen LogP contribution is 2.09. The van der Waals surface area contributed by atoms with E-state index in [1.165, 1.54) is 0 Å². The van der Waals surface area contributed by atoms with Crippen LogP contribution in [0.2, 0.25) is 0 Å². The summed E-state index contributed by atoms with van der Waals surface area (Å²) in [5.41, 5.74) is 2.01. The van der Waals surface area contributed by atoms with E-state index in [0.717, 1.165) is 23.4 Å². The van der Waals surface area contributed by atoms with Crippen molar-refractivity contribution in [1.29, 1.82) is 0 Å². The third-order valence-corrected chi connectivity index (χ3v) is 3.33. The molecule has 0 saturated carbocycles. The Morgan fingerprint density at radius 2 is 2.00 bits per heavy atom. The number of carbonyl (C=O) groups is 1. The number of benzene rings is 1. The summed E-state index contributed by atoms with van der Waals surface area (Å²) >= 11 is 0. The van der Waals surface area contributed by atoms with Crippen LogP contribution in [0.3, 0.4) is 0 Å². The zero-order valence-electron chi connectivity index (χ0n) is 14.1. The maximum absolute atomic E-state index is 11.6. The highest BCUT2D eigenvalue weighted by Gasteiger charge is 2.00. The fourth-order valence-electron chi connectivity index (χ4n) is 2.01. The van der Waals surface area contributed by atoms with Crippen LogP contribution in [0, 0.1) is 0 Å². The van der Waals surface area contributed by atoms with Gasteiger partial charge >= 0.3 is 6.09 Å². The van der Waals surface area contributed by atoms with E-state index in [2.05, 4.69) is 10.3 Å². The van der Waals surface area contributed by atoms with Gasteiger partial charge < -0.3 is 15.0 Å². The Kier molecular flexibility index (Phi) is 6.83. The highest BCUT2D eigenvalue weighted by atomic mass is 16.5. The molecule has 5 nitrogen and oxygen atoms in total. The number of nitrogens with zero attached hydrogens (tertiary/aromatic N) is 2. The van der Waals surface area contributed by atoms with Gasteiger partial charge in [0.1, 0.15) is 12.4 Å². The molecule has 0 aliphatic heterocycles. The SMILES string of the molecule is CN(C)c1ccc(C=CCCNC(=O)OCc2ccccc2)cn1. The van der Waals surface area contributed by atoms with Gasteiger partial charge in [0.25, 0.3) is 0 Å². The molecule has 0 unspecified atom stereocenters. The van der Waals surface area contributed by atoms with Gasteiger partial charge in [0, 0.05) is 26.8 Å². The lowest BCUT2D eigenvalue weighted by Crippen LogP contribution is -2.24. The smallest absolute Gasteiger partial charge is 0.407 e. The predicted molar refractivity (Wildman–Crippen MR) is 96.8 cm³/mol. The number of amides is 1. The van der Waals surface area contributed by atoms with Crippen molar-refractivity contribution < 1.29 is 9.53 Å². The first-order chi connectivity index (χ1) is 11.6. The van der Waals surface area contributed by atoms with Gasteiger partial charge in [0.2, 0.25) is 0 Å². The Bertz CT molecular complexity index is 652. The molecule has 0 aliphatic rings. The molecule has 1 amide bonds. The summed E-state index contributed by atoms with van der Waals surface area (Å²) in [6, 6.07) is 13.6. The Labute approximate surface area is 143 Å². The number of anilines is 1. The molecule has 5 heteroatoms. The molecule has 126 valence electrons. The number of alkyl carbamates (subject to hydrolysis) is 1. The third kappa shape index (κ3) is 6.12. The predicted octanol–water partition coefficient (Wildman–Crippen LogP) is 3.48. The van der Waals surface area contributed by atoms with E-state index >= 15 is 0 Å². The van der Waals surface area contributed by atoms with Crippen LogP contribution < -0.4 is 10.2 Å². The molecule has 0 fully saturated rings. The van der Waals surface area contributed by atoms with Crippen molar-refractivity contribution in [1.82, 2.24) is 10.3 Å². The minimum Gasteiger partial charge on any atom is -0.445 e. The van der Waals surface area contributed by atoms with Gasteiger partial charge in [-0.15, -0.1) is 0 Å². The van der Waals surface area contributed by atoms with Gasteiger partial charge in [0.15, 0.2) is 0 Å². The minimum absolute atomic E-state index is 0.284. The van der Waals surface area contributed by atoms with E-state index in [-0.39, 0.29) is 6.61 Å². The van der Waals surface area contributed by atoms with Crippen LogP contribution in [0.25, 0.3) is 6.08 Å². The zero-order chi connectivity index (χ0) is 17.2. The van der Waals surface area contributed by atoms with Crippen molar-refractivity contribution in [3.8, 4) is 0 Å². The van der Waals surface area contributed by atoms with Gasteiger partial charge in [-0.2, -0.15) is 0 Å². The van der Waals surface area contributed by atoms with Crippen LogP contribution in [0.5, 0.6) is 0 Å². The summed E-state index contributed by atoms with van der Waals surface area (Å²) in [6.45, 7) is 0.819. The number of aromatic nitrogens is 1. The molecule has 1 heterocycles. The normalized spacial score (nSPS) is 10.6. The van der Waals surface area contributed by atoms with E-state index in [1.807, 2.05) is 79.8 Å². The second-order valence-electron chi connectivity index (χ2n) is 5.52. The Morgan fingerprint density at radius 1 is 1.21 bits per heavy atom. The number of carbonyl (C=O) groups excluding carboxylic acids is 1. The average molecular weight is 325 g/mol. The fraction of sp³-hybridized carbons (Fsp3) is 0.263.